The van der Waals surface area contributed by atoms with E-state index in [0.29, 0.717) is 12.9 Å². The summed E-state index contributed by atoms with van der Waals surface area (Å²) in [4.78, 5) is 0. The molecule has 1 aromatic carbocycles. The third kappa shape index (κ3) is 4.83. The number of hydrogen-bond donors (Lipinski definition) is 0. The minimum atomic E-state index is -4.90. The van der Waals surface area contributed by atoms with Gasteiger partial charge in [-0.25, -0.2) is 0 Å². The first-order chi connectivity index (χ1) is 6.79. The Morgan fingerprint density at radius 1 is 1.07 bits per heavy atom. The Labute approximate surface area is 126 Å². The van der Waals surface area contributed by atoms with Gasteiger partial charge in [-0.15, -0.1) is 0 Å². The van der Waals surface area contributed by atoms with Crippen molar-refractivity contribution in [1.82, 2.24) is 0 Å². The van der Waals surface area contributed by atoms with Gasteiger partial charge >= 0.3 is 6.98 Å². The fourth-order valence-corrected chi connectivity index (χ4v) is 4.74. The van der Waals surface area contributed by atoms with Gasteiger partial charge in [-0.3, -0.25) is 0 Å². The zero-order valence-corrected chi connectivity index (χ0v) is 13.6. The average Bonchev–Trinajstić information content (AvgIpc) is 1.99. The van der Waals surface area contributed by atoms with Crippen LogP contribution in [0.3, 0.4) is 0 Å². The molecule has 84 valence electrons. The van der Waals surface area contributed by atoms with Gasteiger partial charge in [-0.1, -0.05) is 0 Å². The summed E-state index contributed by atoms with van der Waals surface area (Å²) in [5.74, 6) is 0.316. The molecule has 0 spiro atoms. The van der Waals surface area contributed by atoms with Crippen molar-refractivity contribution in [3.05, 3.63) is 22.8 Å². The predicted molar refractivity (Wildman–Crippen MR) is 79.2 cm³/mol. The second kappa shape index (κ2) is 5.60. The zero-order valence-electron chi connectivity index (χ0n) is 7.12. The maximum Gasteiger partial charge on any atom is 0.515 e. The molecule has 1 nitrogen and oxygen atoms in total. The average molecular weight is 553 g/mol. The van der Waals surface area contributed by atoms with E-state index in [4.69, 9.17) is 4.74 Å². The Hall–Kier alpha value is 1.06. The first kappa shape index (κ1) is 14.1. The first-order valence-corrected chi connectivity index (χ1v) is 7.01. The van der Waals surface area contributed by atoms with E-state index in [0.717, 1.165) is 3.57 Å². The minimum Gasteiger partial charge on any atom is -0.520 e. The zero-order chi connectivity index (χ0) is 11.6. The molecule has 0 amide bonds. The molecular weight excluding hydrogens is 549 g/mol. The lowest BCUT2D eigenvalue weighted by Crippen LogP contribution is -2.26. The van der Waals surface area contributed by atoms with Gasteiger partial charge in [-0.05, 0) is 79.9 Å². The van der Waals surface area contributed by atoms with Crippen LogP contribution in [0.1, 0.15) is 0 Å². The van der Waals surface area contributed by atoms with Crippen LogP contribution in [0.25, 0.3) is 0 Å². The Morgan fingerprint density at radius 3 is 1.93 bits per heavy atom. The smallest absolute Gasteiger partial charge is 0.515 e. The molecule has 8 heteroatoms. The molecule has 0 atom stereocenters. The van der Waals surface area contributed by atoms with Crippen molar-refractivity contribution in [2.45, 2.75) is 0 Å². The topological polar surface area (TPSA) is 9.23 Å². The van der Waals surface area contributed by atoms with E-state index in [1.54, 1.807) is 12.1 Å². The normalized spacial score (nSPS) is 11.6. The van der Waals surface area contributed by atoms with Gasteiger partial charge in [0.1, 0.15) is 5.75 Å². The van der Waals surface area contributed by atoms with Crippen molar-refractivity contribution in [2.24, 2.45) is 0 Å². The molecule has 0 fully saturated rings. The highest BCUT2D eigenvalue weighted by atomic mass is 127. The Morgan fingerprint density at radius 2 is 1.53 bits per heavy atom. The van der Waals surface area contributed by atoms with Crippen LogP contribution in [0.5, 0.6) is 5.75 Å². The largest absolute Gasteiger partial charge is 0.520 e. The summed E-state index contributed by atoms with van der Waals surface area (Å²) in [6, 6.07) is 3.56. The molecule has 1 rings (SSSR count). The fraction of sp³-hybridized carbons (Fsp3) is 0.143. The van der Waals surface area contributed by atoms with E-state index >= 15 is 0 Å². The van der Waals surface area contributed by atoms with Gasteiger partial charge in [0.05, 0.1) is 13.6 Å². The van der Waals surface area contributed by atoms with Crippen molar-refractivity contribution < 1.29 is 17.7 Å². The number of rotatable bonds is 3. The number of hydrogen-bond acceptors (Lipinski definition) is 1. The van der Waals surface area contributed by atoms with Crippen molar-refractivity contribution in [3.63, 3.8) is 0 Å². The summed E-state index contributed by atoms with van der Waals surface area (Å²) in [5, 5.41) is 0. The molecule has 0 radical (unpaired) electrons. The molecule has 0 unspecified atom stereocenters. The van der Waals surface area contributed by atoms with Crippen molar-refractivity contribution in [3.8, 4) is 5.75 Å². The molecule has 15 heavy (non-hydrogen) atoms. The summed E-state index contributed by atoms with van der Waals surface area (Å²) < 4.78 is 43.2. The Balaban J connectivity index is 2.86. The molecule has 0 aliphatic carbocycles. The second-order valence-corrected chi connectivity index (χ2v) is 6.29. The van der Waals surface area contributed by atoms with Crippen LogP contribution in [-0.4, -0.2) is 13.5 Å². The maximum absolute atomic E-state index is 12.0. The summed E-state index contributed by atoms with van der Waals surface area (Å²) in [6.07, 6.45) is 0. The van der Waals surface area contributed by atoms with E-state index in [9.17, 15) is 12.9 Å². The van der Waals surface area contributed by atoms with Gasteiger partial charge < -0.3 is 17.7 Å². The van der Waals surface area contributed by atoms with Crippen LogP contribution in [0, 0.1) is 10.7 Å². The Bertz CT molecular complexity index is 346. The van der Waals surface area contributed by atoms with E-state index in [-0.39, 0.29) is 0 Å². The van der Waals surface area contributed by atoms with Crippen LogP contribution in [0.4, 0.5) is 12.9 Å². The van der Waals surface area contributed by atoms with Crippen LogP contribution >= 0.6 is 67.8 Å². The lowest BCUT2D eigenvalue weighted by atomic mass is 9.95. The molecule has 1 aromatic rings. The summed E-state index contributed by atoms with van der Waals surface area (Å²) >= 11 is 6.05. The van der Waals surface area contributed by atoms with Crippen LogP contribution in [0.2, 0.25) is 0 Å². The third-order valence-electron chi connectivity index (χ3n) is 1.38. The summed E-state index contributed by atoms with van der Waals surface area (Å²) in [6.45, 7) is -6.08. The van der Waals surface area contributed by atoms with Crippen LogP contribution in [-0.2, 0) is 0 Å². The molecule has 0 heterocycles. The van der Waals surface area contributed by atoms with Crippen LogP contribution in [0.15, 0.2) is 12.1 Å². The highest BCUT2D eigenvalue weighted by Crippen LogP contribution is 2.30. The van der Waals surface area contributed by atoms with Crippen molar-refractivity contribution in [1.29, 1.82) is 0 Å². The highest BCUT2D eigenvalue weighted by Gasteiger charge is 2.25. The highest BCUT2D eigenvalue weighted by molar-refractivity contribution is 14.1. The lowest BCUT2D eigenvalue weighted by Gasteiger charge is -2.17. The van der Waals surface area contributed by atoms with Gasteiger partial charge in [0, 0.05) is 3.57 Å². The minimum absolute atomic E-state index is 0.316. The van der Waals surface area contributed by atoms with Gasteiger partial charge in [-0.2, -0.15) is 0 Å². The molecule has 0 aliphatic rings. The number of halogens is 6. The van der Waals surface area contributed by atoms with E-state index in [1.165, 1.54) is 0 Å². The van der Waals surface area contributed by atoms with E-state index < -0.39 is 13.5 Å². The van der Waals surface area contributed by atoms with Gasteiger partial charge in [0.15, 0.2) is 0 Å². The molecular formula is C7H4BF3I3O-. The van der Waals surface area contributed by atoms with Gasteiger partial charge in [0.25, 0.3) is 0 Å². The third-order valence-corrected chi connectivity index (χ3v) is 3.61. The Kier molecular flexibility index (Phi) is 5.28. The lowest BCUT2D eigenvalue weighted by molar-refractivity contribution is 0.310. The second-order valence-electron chi connectivity index (χ2n) is 2.72. The fourth-order valence-electron chi connectivity index (χ4n) is 0.845. The quantitative estimate of drug-likeness (QED) is 0.402. The van der Waals surface area contributed by atoms with Crippen LogP contribution < -0.4 is 4.74 Å². The number of ether oxygens (including phenoxy) is 1. The monoisotopic (exact) mass is 553 g/mol. The molecule has 0 saturated heterocycles. The number of benzene rings is 1. The summed E-state index contributed by atoms with van der Waals surface area (Å²) in [5.41, 5.74) is 0. The maximum atomic E-state index is 12.0. The molecule has 0 saturated carbocycles. The van der Waals surface area contributed by atoms with E-state index in [1.807, 2.05) is 45.2 Å². The molecule has 0 aliphatic heterocycles. The predicted octanol–water partition coefficient (Wildman–Crippen LogP) is 4.27. The van der Waals surface area contributed by atoms with Crippen molar-refractivity contribution in [2.75, 3.05) is 6.51 Å². The molecule has 0 N–H and O–H groups in total. The SMILES string of the molecule is F[B-](F)(F)COc1c(I)cc(I)cc1I. The first-order valence-electron chi connectivity index (χ1n) is 3.78. The van der Waals surface area contributed by atoms with Crippen molar-refractivity contribution >= 4 is 74.7 Å². The molecule has 0 bridgehead atoms. The van der Waals surface area contributed by atoms with Gasteiger partial charge in [0.2, 0.25) is 0 Å². The van der Waals surface area contributed by atoms with E-state index in [2.05, 4.69) is 22.6 Å². The standard InChI is InChI=1S/C7H4BF3I3O/c9-8(10,11)3-15-7-5(13)1-4(12)2-6(7)14/h1-2H,3H2/q-1. The molecule has 0 aromatic heterocycles. The summed E-state index contributed by atoms with van der Waals surface area (Å²) in [7, 11) is 0.